The van der Waals surface area contributed by atoms with Crippen molar-refractivity contribution in [1.29, 1.82) is 0 Å². The summed E-state index contributed by atoms with van der Waals surface area (Å²) in [6.07, 6.45) is 6.25. The molecule has 0 aliphatic carbocycles. The Kier molecular flexibility index (Phi) is 5.66. The molecule has 2 heterocycles. The van der Waals surface area contributed by atoms with Gasteiger partial charge in [-0.05, 0) is 49.1 Å². The molecule has 0 spiro atoms. The van der Waals surface area contributed by atoms with E-state index < -0.39 is 5.60 Å². The van der Waals surface area contributed by atoms with Crippen molar-refractivity contribution in [2.24, 2.45) is 0 Å². The molecule has 1 N–H and O–H groups in total. The zero-order valence-electron chi connectivity index (χ0n) is 14.3. The van der Waals surface area contributed by atoms with Crippen LogP contribution >= 0.6 is 0 Å². The summed E-state index contributed by atoms with van der Waals surface area (Å²) in [6, 6.07) is 13.4. The average molecular weight is 340 g/mol. The molecule has 1 aromatic carbocycles. The van der Waals surface area contributed by atoms with Gasteiger partial charge in [-0.25, -0.2) is 0 Å². The van der Waals surface area contributed by atoms with Crippen LogP contribution < -0.4 is 4.74 Å². The Morgan fingerprint density at radius 3 is 2.72 bits per heavy atom. The molecular weight excluding hydrogens is 316 g/mol. The minimum Gasteiger partial charge on any atom is -0.491 e. The second kappa shape index (κ2) is 8.12. The van der Waals surface area contributed by atoms with Crippen LogP contribution in [0, 0.1) is 0 Å². The molecule has 5 heteroatoms. The highest BCUT2D eigenvalue weighted by atomic mass is 16.5. The number of amides is 1. The van der Waals surface area contributed by atoms with Crippen LogP contribution in [0.1, 0.15) is 24.8 Å². The molecule has 1 aliphatic heterocycles. The van der Waals surface area contributed by atoms with E-state index in [1.165, 1.54) is 5.56 Å². The fourth-order valence-corrected chi connectivity index (χ4v) is 3.07. The topological polar surface area (TPSA) is 62.7 Å². The maximum Gasteiger partial charge on any atom is 0.222 e. The highest BCUT2D eigenvalue weighted by molar-refractivity contribution is 5.76. The van der Waals surface area contributed by atoms with Gasteiger partial charge in [-0.15, -0.1) is 0 Å². The maximum atomic E-state index is 12.4. The first kappa shape index (κ1) is 17.4. The van der Waals surface area contributed by atoms with E-state index in [-0.39, 0.29) is 12.5 Å². The van der Waals surface area contributed by atoms with Crippen molar-refractivity contribution in [3.63, 3.8) is 0 Å². The van der Waals surface area contributed by atoms with Gasteiger partial charge in [0.2, 0.25) is 5.91 Å². The molecule has 1 aromatic heterocycles. The van der Waals surface area contributed by atoms with E-state index in [0.717, 1.165) is 18.6 Å². The van der Waals surface area contributed by atoms with Crippen molar-refractivity contribution in [1.82, 2.24) is 9.88 Å². The number of aliphatic hydroxyl groups is 1. The highest BCUT2D eigenvalue weighted by Crippen LogP contribution is 2.24. The number of hydrogen-bond donors (Lipinski definition) is 1. The molecule has 0 bridgehead atoms. The largest absolute Gasteiger partial charge is 0.491 e. The molecule has 0 radical (unpaired) electrons. The predicted octanol–water partition coefficient (Wildman–Crippen LogP) is 2.45. The van der Waals surface area contributed by atoms with E-state index in [1.54, 1.807) is 17.3 Å². The van der Waals surface area contributed by atoms with Crippen molar-refractivity contribution in [3.8, 4) is 5.75 Å². The van der Waals surface area contributed by atoms with Crippen LogP contribution in [0.2, 0.25) is 0 Å². The van der Waals surface area contributed by atoms with Gasteiger partial charge < -0.3 is 14.7 Å². The van der Waals surface area contributed by atoms with Gasteiger partial charge in [0, 0.05) is 25.4 Å². The highest BCUT2D eigenvalue weighted by Gasteiger charge is 2.38. The summed E-state index contributed by atoms with van der Waals surface area (Å²) in [5.41, 5.74) is 0.230. The first-order valence-electron chi connectivity index (χ1n) is 8.72. The van der Waals surface area contributed by atoms with Crippen LogP contribution in [-0.2, 0) is 11.2 Å². The van der Waals surface area contributed by atoms with Crippen LogP contribution in [0.3, 0.4) is 0 Å². The van der Waals surface area contributed by atoms with E-state index in [1.807, 2.05) is 42.5 Å². The molecule has 1 saturated heterocycles. The number of aromatic nitrogens is 1. The molecule has 1 fully saturated rings. The lowest BCUT2D eigenvalue weighted by Gasteiger charge is -2.23. The normalized spacial score (nSPS) is 19.8. The van der Waals surface area contributed by atoms with Crippen molar-refractivity contribution in [2.45, 2.75) is 31.3 Å². The number of para-hydroxylation sites is 1. The van der Waals surface area contributed by atoms with Crippen LogP contribution in [0.5, 0.6) is 5.75 Å². The van der Waals surface area contributed by atoms with Gasteiger partial charge >= 0.3 is 0 Å². The fraction of sp³-hybridized carbons (Fsp3) is 0.400. The zero-order chi connectivity index (χ0) is 17.5. The Bertz CT molecular complexity index is 678. The lowest BCUT2D eigenvalue weighted by molar-refractivity contribution is -0.131. The Morgan fingerprint density at radius 1 is 1.20 bits per heavy atom. The fourth-order valence-electron chi connectivity index (χ4n) is 3.07. The molecule has 5 nitrogen and oxygen atoms in total. The Labute approximate surface area is 148 Å². The minimum absolute atomic E-state index is 0.102. The molecule has 132 valence electrons. The maximum absolute atomic E-state index is 12.4. The average Bonchev–Trinajstić information content (AvgIpc) is 3.05. The second-order valence-electron chi connectivity index (χ2n) is 6.60. The number of benzene rings is 1. The molecule has 1 atom stereocenters. The summed E-state index contributed by atoms with van der Waals surface area (Å²) in [4.78, 5) is 18.1. The van der Waals surface area contributed by atoms with E-state index >= 15 is 0 Å². The second-order valence-corrected chi connectivity index (χ2v) is 6.60. The van der Waals surface area contributed by atoms with Gasteiger partial charge in [-0.2, -0.15) is 0 Å². The Morgan fingerprint density at radius 2 is 1.96 bits per heavy atom. The van der Waals surface area contributed by atoms with Gasteiger partial charge in [0.25, 0.3) is 0 Å². The lowest BCUT2D eigenvalue weighted by atomic mass is 10.1. The van der Waals surface area contributed by atoms with Crippen molar-refractivity contribution in [2.75, 3.05) is 19.7 Å². The number of carbonyl (C=O) groups excluding carboxylic acids is 1. The number of likely N-dealkylation sites (tertiary alicyclic amines) is 1. The van der Waals surface area contributed by atoms with Gasteiger partial charge in [-0.1, -0.05) is 18.2 Å². The summed E-state index contributed by atoms with van der Waals surface area (Å²) in [5, 5.41) is 10.6. The predicted molar refractivity (Wildman–Crippen MR) is 95.3 cm³/mol. The van der Waals surface area contributed by atoms with Crippen LogP contribution in [0.4, 0.5) is 0 Å². The number of pyridine rings is 1. The molecule has 3 rings (SSSR count). The summed E-state index contributed by atoms with van der Waals surface area (Å²) in [5.74, 6) is 0.836. The molecule has 1 aliphatic rings. The smallest absolute Gasteiger partial charge is 0.222 e. The molecular formula is C20H24N2O3. The number of hydrogen-bond acceptors (Lipinski definition) is 4. The van der Waals surface area contributed by atoms with E-state index in [4.69, 9.17) is 4.74 Å². The summed E-state index contributed by atoms with van der Waals surface area (Å²) in [7, 11) is 0. The third-order valence-corrected chi connectivity index (χ3v) is 4.54. The first-order chi connectivity index (χ1) is 12.1. The third kappa shape index (κ3) is 5.03. The Hall–Kier alpha value is -2.40. The summed E-state index contributed by atoms with van der Waals surface area (Å²) in [6.45, 7) is 1.13. The first-order valence-corrected chi connectivity index (χ1v) is 8.72. The molecule has 0 unspecified atom stereocenters. The standard InChI is InChI=1S/C20H24N2O3/c23-19(8-4-5-17-9-12-21-13-10-17)22-14-11-20(24,15-22)16-25-18-6-2-1-3-7-18/h1-3,6-7,9-10,12-13,24H,4-5,8,11,14-16H2/t20-/m1/s1. The minimum atomic E-state index is -0.962. The number of ether oxygens (including phenoxy) is 1. The van der Waals surface area contributed by atoms with Crippen LogP contribution in [0.15, 0.2) is 54.9 Å². The van der Waals surface area contributed by atoms with Crippen molar-refractivity contribution in [3.05, 3.63) is 60.4 Å². The van der Waals surface area contributed by atoms with Crippen molar-refractivity contribution < 1.29 is 14.6 Å². The number of rotatable bonds is 7. The quantitative estimate of drug-likeness (QED) is 0.841. The molecule has 25 heavy (non-hydrogen) atoms. The molecule has 2 aromatic rings. The number of carbonyl (C=O) groups is 1. The van der Waals surface area contributed by atoms with Gasteiger partial charge in [0.05, 0.1) is 6.54 Å². The monoisotopic (exact) mass is 340 g/mol. The van der Waals surface area contributed by atoms with E-state index in [2.05, 4.69) is 4.98 Å². The summed E-state index contributed by atoms with van der Waals surface area (Å²) < 4.78 is 5.67. The van der Waals surface area contributed by atoms with Crippen LogP contribution in [-0.4, -0.2) is 46.2 Å². The SMILES string of the molecule is O=C(CCCc1ccncc1)N1CC[C@](O)(COc2ccccc2)C1. The number of nitrogens with zero attached hydrogens (tertiary/aromatic N) is 2. The molecule has 1 amide bonds. The third-order valence-electron chi connectivity index (χ3n) is 4.54. The van der Waals surface area contributed by atoms with Crippen LogP contribution in [0.25, 0.3) is 0 Å². The van der Waals surface area contributed by atoms with Gasteiger partial charge in [0.15, 0.2) is 0 Å². The lowest BCUT2D eigenvalue weighted by Crippen LogP contribution is -2.40. The van der Waals surface area contributed by atoms with E-state index in [9.17, 15) is 9.90 Å². The van der Waals surface area contributed by atoms with Crippen molar-refractivity contribution >= 4 is 5.91 Å². The van der Waals surface area contributed by atoms with Gasteiger partial charge in [-0.3, -0.25) is 9.78 Å². The number of β-amino-alcohol motifs (C(OH)–C–C–N with tert-alkyl or cyclic N) is 1. The Balaban J connectivity index is 1.42. The molecule has 0 saturated carbocycles. The van der Waals surface area contributed by atoms with E-state index in [0.29, 0.717) is 25.9 Å². The summed E-state index contributed by atoms with van der Waals surface area (Å²) >= 11 is 0. The van der Waals surface area contributed by atoms with Gasteiger partial charge in [0.1, 0.15) is 18.0 Å². The zero-order valence-corrected chi connectivity index (χ0v) is 14.3. The number of aryl methyl sites for hydroxylation is 1.